The van der Waals surface area contributed by atoms with Gasteiger partial charge in [-0.15, -0.1) is 0 Å². The molecule has 0 radical (unpaired) electrons. The fraction of sp³-hybridized carbons (Fsp3) is 0.500. The quantitative estimate of drug-likeness (QED) is 0.723. The average molecular weight is 412 g/mol. The van der Waals surface area contributed by atoms with Gasteiger partial charge in [0.05, 0.1) is 25.9 Å². The Balaban J connectivity index is 1.40. The van der Waals surface area contributed by atoms with Crippen LogP contribution in [0.4, 0.5) is 0 Å². The first-order chi connectivity index (χ1) is 14.6. The van der Waals surface area contributed by atoms with Crippen molar-refractivity contribution in [1.82, 2.24) is 0 Å². The zero-order chi connectivity index (χ0) is 20.6. The predicted octanol–water partition coefficient (Wildman–Crippen LogP) is 3.60. The number of rotatable bonds is 6. The van der Waals surface area contributed by atoms with E-state index >= 15 is 0 Å². The second-order valence-corrected chi connectivity index (χ2v) is 8.38. The standard InChI is InChI=1S/C24H28O6/c1-16(2)28-23-20-19(25-13-17-9-5-3-6-10-17)21-24(30-23,14-26-20)15-27-22(29-21)18-11-7-4-8-12-18/h3-12,16,19-23H,13-15H2,1-2H3/t19-,20-,21+,22?,23-,24-/m1/s1. The predicted molar refractivity (Wildman–Crippen MR) is 109 cm³/mol. The third-order valence-electron chi connectivity index (χ3n) is 5.79. The van der Waals surface area contributed by atoms with E-state index in [-0.39, 0.29) is 24.4 Å². The fourth-order valence-corrected chi connectivity index (χ4v) is 4.37. The normalized spacial score (nSPS) is 35.4. The maximum Gasteiger partial charge on any atom is 0.187 e. The summed E-state index contributed by atoms with van der Waals surface area (Å²) in [5, 5.41) is 0. The number of hydrogen-bond acceptors (Lipinski definition) is 6. The molecule has 4 aliphatic rings. The zero-order valence-electron chi connectivity index (χ0n) is 17.3. The third kappa shape index (κ3) is 3.80. The van der Waals surface area contributed by atoms with Gasteiger partial charge in [-0.25, -0.2) is 0 Å². The van der Waals surface area contributed by atoms with E-state index in [2.05, 4.69) is 0 Å². The molecule has 6 nitrogen and oxygen atoms in total. The summed E-state index contributed by atoms with van der Waals surface area (Å²) < 4.78 is 37.5. The molecule has 160 valence electrons. The van der Waals surface area contributed by atoms with E-state index in [1.165, 1.54) is 0 Å². The first-order valence-corrected chi connectivity index (χ1v) is 10.6. The molecular weight excluding hydrogens is 384 g/mol. The Morgan fingerprint density at radius 3 is 2.40 bits per heavy atom. The molecule has 0 N–H and O–H groups in total. The van der Waals surface area contributed by atoms with Crippen LogP contribution in [0.5, 0.6) is 0 Å². The Bertz CT molecular complexity index is 828. The van der Waals surface area contributed by atoms with Gasteiger partial charge < -0.3 is 28.4 Å². The van der Waals surface area contributed by atoms with Gasteiger partial charge in [-0.05, 0) is 19.4 Å². The van der Waals surface area contributed by atoms with Crippen LogP contribution in [0, 0.1) is 0 Å². The summed E-state index contributed by atoms with van der Waals surface area (Å²) in [5.41, 5.74) is 1.33. The monoisotopic (exact) mass is 412 g/mol. The van der Waals surface area contributed by atoms with Crippen LogP contribution in [0.2, 0.25) is 0 Å². The van der Waals surface area contributed by atoms with Gasteiger partial charge in [0.2, 0.25) is 0 Å². The van der Waals surface area contributed by atoms with Crippen molar-refractivity contribution in [3.05, 3.63) is 71.8 Å². The summed E-state index contributed by atoms with van der Waals surface area (Å²) in [6.07, 6.45) is -1.98. The van der Waals surface area contributed by atoms with Crippen LogP contribution in [0.3, 0.4) is 0 Å². The molecule has 4 aliphatic heterocycles. The average Bonchev–Trinajstić information content (AvgIpc) is 2.78. The van der Waals surface area contributed by atoms with E-state index in [4.69, 9.17) is 28.4 Å². The lowest BCUT2D eigenvalue weighted by molar-refractivity contribution is -0.447. The van der Waals surface area contributed by atoms with Crippen molar-refractivity contribution in [2.24, 2.45) is 0 Å². The Hall–Kier alpha value is -1.80. The summed E-state index contributed by atoms with van der Waals surface area (Å²) >= 11 is 0. The van der Waals surface area contributed by atoms with Crippen molar-refractivity contribution in [3.8, 4) is 0 Å². The molecule has 2 bridgehead atoms. The van der Waals surface area contributed by atoms with Crippen LogP contribution in [0.1, 0.15) is 31.3 Å². The molecule has 4 saturated heterocycles. The smallest absolute Gasteiger partial charge is 0.187 e. The minimum atomic E-state index is -0.749. The lowest BCUT2D eigenvalue weighted by Crippen LogP contribution is -2.76. The number of fused-ring (bicyclic) bond motifs is 2. The summed E-state index contributed by atoms with van der Waals surface area (Å²) in [6.45, 7) is 5.19. The summed E-state index contributed by atoms with van der Waals surface area (Å²) in [6, 6.07) is 20.1. The molecule has 2 aromatic rings. The largest absolute Gasteiger partial charge is 0.368 e. The van der Waals surface area contributed by atoms with Crippen molar-refractivity contribution in [2.45, 2.75) is 63.1 Å². The Morgan fingerprint density at radius 1 is 0.967 bits per heavy atom. The van der Waals surface area contributed by atoms with E-state index in [0.29, 0.717) is 19.8 Å². The highest BCUT2D eigenvalue weighted by atomic mass is 16.8. The van der Waals surface area contributed by atoms with Crippen LogP contribution in [-0.2, 0) is 35.0 Å². The van der Waals surface area contributed by atoms with Crippen LogP contribution >= 0.6 is 0 Å². The molecule has 0 amide bonds. The minimum Gasteiger partial charge on any atom is -0.368 e. The van der Waals surface area contributed by atoms with Gasteiger partial charge in [0.25, 0.3) is 0 Å². The zero-order valence-corrected chi connectivity index (χ0v) is 17.3. The molecule has 0 saturated carbocycles. The summed E-state index contributed by atoms with van der Waals surface area (Å²) in [4.78, 5) is 0. The summed E-state index contributed by atoms with van der Waals surface area (Å²) in [5.74, 6) is 0. The van der Waals surface area contributed by atoms with Crippen LogP contribution < -0.4 is 0 Å². The highest BCUT2D eigenvalue weighted by Crippen LogP contribution is 2.46. The highest BCUT2D eigenvalue weighted by molar-refractivity contribution is 5.18. The maximum absolute atomic E-state index is 6.45. The van der Waals surface area contributed by atoms with Crippen LogP contribution in [0.15, 0.2) is 60.7 Å². The first kappa shape index (κ1) is 20.1. The van der Waals surface area contributed by atoms with Crippen molar-refractivity contribution in [2.75, 3.05) is 13.2 Å². The van der Waals surface area contributed by atoms with Gasteiger partial charge >= 0.3 is 0 Å². The fourth-order valence-electron chi connectivity index (χ4n) is 4.37. The first-order valence-electron chi connectivity index (χ1n) is 10.6. The number of ether oxygens (including phenoxy) is 6. The lowest BCUT2D eigenvalue weighted by atomic mass is 9.83. The second kappa shape index (κ2) is 8.38. The molecule has 30 heavy (non-hydrogen) atoms. The van der Waals surface area contributed by atoms with Gasteiger partial charge in [-0.3, -0.25) is 0 Å². The Labute approximate surface area is 177 Å². The van der Waals surface area contributed by atoms with Crippen molar-refractivity contribution >= 4 is 0 Å². The third-order valence-corrected chi connectivity index (χ3v) is 5.79. The van der Waals surface area contributed by atoms with Gasteiger partial charge in [0.1, 0.15) is 23.9 Å². The van der Waals surface area contributed by atoms with E-state index in [1.807, 2.05) is 74.5 Å². The second-order valence-electron chi connectivity index (χ2n) is 8.38. The van der Waals surface area contributed by atoms with Crippen molar-refractivity contribution < 1.29 is 28.4 Å². The molecule has 6 rings (SSSR count). The van der Waals surface area contributed by atoms with Gasteiger partial charge in [0.15, 0.2) is 12.6 Å². The molecule has 0 aromatic heterocycles. The van der Waals surface area contributed by atoms with E-state index in [0.717, 1.165) is 11.1 Å². The number of hydrogen-bond donors (Lipinski definition) is 0. The van der Waals surface area contributed by atoms with Crippen molar-refractivity contribution in [1.29, 1.82) is 0 Å². The Morgan fingerprint density at radius 2 is 1.67 bits per heavy atom. The van der Waals surface area contributed by atoms with Crippen molar-refractivity contribution in [3.63, 3.8) is 0 Å². The molecule has 1 spiro atoms. The molecule has 4 heterocycles. The molecule has 2 aromatic carbocycles. The maximum atomic E-state index is 6.45. The molecule has 6 heteroatoms. The topological polar surface area (TPSA) is 55.4 Å². The SMILES string of the molecule is CC(C)O[C@@H]1O[C@]23COC(c4ccccc4)O[C@H]2[C@H](OCc2ccccc2)[C@H]1OC3. The molecular formula is C24H28O6. The molecule has 6 atom stereocenters. The minimum absolute atomic E-state index is 0.00469. The highest BCUT2D eigenvalue weighted by Gasteiger charge is 2.64. The van der Waals surface area contributed by atoms with E-state index in [1.54, 1.807) is 0 Å². The Kier molecular flexibility index (Phi) is 5.62. The van der Waals surface area contributed by atoms with E-state index < -0.39 is 18.2 Å². The van der Waals surface area contributed by atoms with E-state index in [9.17, 15) is 0 Å². The molecule has 4 fully saturated rings. The number of benzene rings is 2. The van der Waals surface area contributed by atoms with Gasteiger partial charge in [0, 0.05) is 5.56 Å². The van der Waals surface area contributed by atoms with Crippen LogP contribution in [-0.4, -0.2) is 49.5 Å². The van der Waals surface area contributed by atoms with Gasteiger partial charge in [-0.1, -0.05) is 60.7 Å². The van der Waals surface area contributed by atoms with Crippen LogP contribution in [0.25, 0.3) is 0 Å². The summed E-state index contributed by atoms with van der Waals surface area (Å²) in [7, 11) is 0. The molecule has 0 aliphatic carbocycles. The lowest BCUT2D eigenvalue weighted by Gasteiger charge is -2.59. The molecule has 1 unspecified atom stereocenters. The van der Waals surface area contributed by atoms with Gasteiger partial charge in [-0.2, -0.15) is 0 Å².